The van der Waals surface area contributed by atoms with Crippen LogP contribution >= 0.6 is 0 Å². The number of nitrogens with zero attached hydrogens (tertiary/aromatic N) is 1. The summed E-state index contributed by atoms with van der Waals surface area (Å²) >= 11 is 0. The van der Waals surface area contributed by atoms with Crippen LogP contribution in [0.25, 0.3) is 0 Å². The highest BCUT2D eigenvalue weighted by Gasteiger charge is 2.52. The van der Waals surface area contributed by atoms with E-state index in [2.05, 4.69) is 0 Å². The van der Waals surface area contributed by atoms with Gasteiger partial charge in [-0.15, -0.1) is 0 Å². The molecule has 1 aliphatic heterocycles. The van der Waals surface area contributed by atoms with E-state index in [0.29, 0.717) is 6.54 Å². The van der Waals surface area contributed by atoms with Gasteiger partial charge in [0.25, 0.3) is 0 Å². The van der Waals surface area contributed by atoms with Gasteiger partial charge in [-0.05, 0) is 17.5 Å². The number of carboxylic acid groups (broad SMARTS) is 1. The molecule has 0 saturated carbocycles. The first kappa shape index (κ1) is 15.8. The summed E-state index contributed by atoms with van der Waals surface area (Å²) in [6.45, 7) is 2.05. The summed E-state index contributed by atoms with van der Waals surface area (Å²) in [5, 5.41) is 8.99. The van der Waals surface area contributed by atoms with Crippen LogP contribution in [0.3, 0.4) is 0 Å². The fourth-order valence-corrected chi connectivity index (χ4v) is 2.80. The Kier molecular flexibility index (Phi) is 4.56. The predicted molar refractivity (Wildman–Crippen MR) is 71.8 cm³/mol. The van der Waals surface area contributed by atoms with Crippen LogP contribution in [0.4, 0.5) is 13.2 Å². The maximum absolute atomic E-state index is 12.9. The molecular weight excluding hydrogens is 283 g/mol. The fraction of sp³-hybridized carbons (Fsp3) is 0.533. The van der Waals surface area contributed by atoms with Gasteiger partial charge >= 0.3 is 12.1 Å². The zero-order valence-corrected chi connectivity index (χ0v) is 11.7. The third-order valence-electron chi connectivity index (χ3n) is 3.94. The fourth-order valence-electron chi connectivity index (χ4n) is 2.80. The van der Waals surface area contributed by atoms with E-state index in [1.807, 2.05) is 31.2 Å². The Bertz CT molecular complexity index is 516. The molecule has 6 heteroatoms. The molecule has 0 radical (unpaired) electrons. The molecule has 3 nitrogen and oxygen atoms in total. The number of benzene rings is 1. The number of aryl methyl sites for hydroxylation is 1. The van der Waals surface area contributed by atoms with Crippen molar-refractivity contribution in [2.75, 3.05) is 13.1 Å². The number of rotatable bonds is 4. The van der Waals surface area contributed by atoms with Crippen LogP contribution < -0.4 is 0 Å². The van der Waals surface area contributed by atoms with Gasteiger partial charge in [-0.3, -0.25) is 9.69 Å². The molecule has 21 heavy (non-hydrogen) atoms. The van der Waals surface area contributed by atoms with Gasteiger partial charge < -0.3 is 5.11 Å². The van der Waals surface area contributed by atoms with Crippen molar-refractivity contribution >= 4 is 5.97 Å². The number of aliphatic carboxylic acids is 1. The predicted octanol–water partition coefficient (Wildman–Crippen LogP) is 2.94. The smallest absolute Gasteiger partial charge is 0.393 e. The van der Waals surface area contributed by atoms with Crippen molar-refractivity contribution in [3.8, 4) is 0 Å². The number of carboxylic acids is 1. The summed E-state index contributed by atoms with van der Waals surface area (Å²) in [7, 11) is 0. The summed E-state index contributed by atoms with van der Waals surface area (Å²) in [5.74, 6) is -4.54. The summed E-state index contributed by atoms with van der Waals surface area (Å²) in [6.07, 6.45) is -3.61. The Balaban J connectivity index is 2.10. The minimum atomic E-state index is -4.47. The van der Waals surface area contributed by atoms with Crippen molar-refractivity contribution in [1.82, 2.24) is 4.90 Å². The minimum absolute atomic E-state index is 0.0597. The van der Waals surface area contributed by atoms with E-state index in [9.17, 15) is 18.0 Å². The van der Waals surface area contributed by atoms with Crippen molar-refractivity contribution < 1.29 is 23.1 Å². The molecule has 0 amide bonds. The maximum atomic E-state index is 12.9. The average molecular weight is 301 g/mol. The second-order valence-electron chi connectivity index (χ2n) is 5.46. The molecule has 2 atom stereocenters. The Morgan fingerprint density at radius 2 is 2.00 bits per heavy atom. The van der Waals surface area contributed by atoms with Gasteiger partial charge in [0.2, 0.25) is 0 Å². The van der Waals surface area contributed by atoms with Crippen LogP contribution in [0.2, 0.25) is 0 Å². The van der Waals surface area contributed by atoms with Crippen LogP contribution in [0.1, 0.15) is 18.1 Å². The third-order valence-corrected chi connectivity index (χ3v) is 3.94. The number of alkyl halides is 3. The molecule has 1 aliphatic rings. The quantitative estimate of drug-likeness (QED) is 0.929. The van der Waals surface area contributed by atoms with Crippen molar-refractivity contribution in [3.63, 3.8) is 0 Å². The number of likely N-dealkylation sites (tertiary alicyclic amines) is 1. The van der Waals surface area contributed by atoms with Crippen LogP contribution in [-0.4, -0.2) is 35.2 Å². The lowest BCUT2D eigenvalue weighted by molar-refractivity contribution is -0.188. The van der Waals surface area contributed by atoms with Crippen LogP contribution in [0.15, 0.2) is 24.3 Å². The highest BCUT2D eigenvalue weighted by molar-refractivity contribution is 5.71. The third kappa shape index (κ3) is 3.75. The van der Waals surface area contributed by atoms with Crippen molar-refractivity contribution in [3.05, 3.63) is 35.4 Å². The zero-order chi connectivity index (χ0) is 15.6. The lowest BCUT2D eigenvalue weighted by atomic mass is 9.96. The van der Waals surface area contributed by atoms with E-state index < -0.39 is 24.0 Å². The zero-order valence-electron chi connectivity index (χ0n) is 11.7. The van der Waals surface area contributed by atoms with Gasteiger partial charge in [0, 0.05) is 19.6 Å². The minimum Gasteiger partial charge on any atom is -0.481 e. The molecule has 1 heterocycles. The molecule has 116 valence electrons. The second kappa shape index (κ2) is 6.05. The van der Waals surface area contributed by atoms with Crippen LogP contribution in [0, 0.1) is 11.8 Å². The van der Waals surface area contributed by atoms with Crippen LogP contribution in [-0.2, 0) is 17.8 Å². The first-order chi connectivity index (χ1) is 9.81. The monoisotopic (exact) mass is 301 g/mol. The largest absolute Gasteiger partial charge is 0.481 e. The molecule has 1 aromatic rings. The lowest BCUT2D eigenvalue weighted by Crippen LogP contribution is -2.33. The standard InChI is InChI=1S/C15H18F3NO2/c1-2-10-4-3-5-11(6-10)7-19-8-12(14(20)21)13(9-19)15(16,17)18/h3-6,12-13H,2,7-9H2,1H3,(H,20,21)/t12-,13-/m1/s1. The molecule has 0 unspecified atom stereocenters. The van der Waals surface area contributed by atoms with Crippen molar-refractivity contribution in [2.24, 2.45) is 11.8 Å². The molecule has 1 N–H and O–H groups in total. The van der Waals surface area contributed by atoms with Gasteiger partial charge in [0.15, 0.2) is 0 Å². The normalized spacial score (nSPS) is 23.4. The Hall–Kier alpha value is -1.56. The summed E-state index contributed by atoms with van der Waals surface area (Å²) < 4.78 is 38.7. The first-order valence-electron chi connectivity index (χ1n) is 6.91. The summed E-state index contributed by atoms with van der Waals surface area (Å²) in [5.41, 5.74) is 2.04. The average Bonchev–Trinajstić information content (AvgIpc) is 2.83. The highest BCUT2D eigenvalue weighted by Crippen LogP contribution is 2.38. The van der Waals surface area contributed by atoms with Gasteiger partial charge in [-0.2, -0.15) is 13.2 Å². The number of carbonyl (C=O) groups is 1. The summed E-state index contributed by atoms with van der Waals surface area (Å²) in [6, 6.07) is 7.65. The molecule has 1 saturated heterocycles. The molecule has 1 fully saturated rings. The number of hydrogen-bond acceptors (Lipinski definition) is 2. The van der Waals surface area contributed by atoms with E-state index in [1.54, 1.807) is 4.90 Å². The first-order valence-corrected chi connectivity index (χ1v) is 6.91. The molecule has 0 spiro atoms. The Morgan fingerprint density at radius 1 is 1.33 bits per heavy atom. The Labute approximate surface area is 121 Å². The number of hydrogen-bond donors (Lipinski definition) is 1. The molecule has 0 bridgehead atoms. The van der Waals surface area contributed by atoms with E-state index in [0.717, 1.165) is 17.5 Å². The lowest BCUT2D eigenvalue weighted by Gasteiger charge is -2.18. The SMILES string of the molecule is CCc1cccc(CN2C[C@@H](C(F)(F)F)[C@H](C(=O)O)C2)c1. The topological polar surface area (TPSA) is 40.5 Å². The van der Waals surface area contributed by atoms with Gasteiger partial charge in [0.1, 0.15) is 0 Å². The maximum Gasteiger partial charge on any atom is 0.393 e. The molecular formula is C15H18F3NO2. The Morgan fingerprint density at radius 3 is 2.52 bits per heavy atom. The van der Waals surface area contributed by atoms with E-state index in [-0.39, 0.29) is 13.1 Å². The van der Waals surface area contributed by atoms with E-state index >= 15 is 0 Å². The van der Waals surface area contributed by atoms with Gasteiger partial charge in [0.05, 0.1) is 11.8 Å². The van der Waals surface area contributed by atoms with Crippen LogP contribution in [0.5, 0.6) is 0 Å². The van der Waals surface area contributed by atoms with Crippen molar-refractivity contribution in [1.29, 1.82) is 0 Å². The molecule has 2 rings (SSSR count). The second-order valence-corrected chi connectivity index (χ2v) is 5.46. The summed E-state index contributed by atoms with van der Waals surface area (Å²) in [4.78, 5) is 12.6. The molecule has 0 aromatic heterocycles. The van der Waals surface area contributed by atoms with E-state index in [1.165, 1.54) is 0 Å². The number of halogens is 3. The molecule has 1 aromatic carbocycles. The van der Waals surface area contributed by atoms with E-state index in [4.69, 9.17) is 5.11 Å². The molecule has 0 aliphatic carbocycles. The highest BCUT2D eigenvalue weighted by atomic mass is 19.4. The van der Waals surface area contributed by atoms with Gasteiger partial charge in [-0.25, -0.2) is 0 Å². The van der Waals surface area contributed by atoms with Crippen molar-refractivity contribution in [2.45, 2.75) is 26.1 Å². The van der Waals surface area contributed by atoms with Gasteiger partial charge in [-0.1, -0.05) is 31.2 Å².